The Labute approximate surface area is 77.2 Å². The Morgan fingerprint density at radius 3 is 2.62 bits per heavy atom. The maximum atomic E-state index is 11.7. The fraction of sp³-hybridized carbons (Fsp3) is 0.375. The lowest BCUT2D eigenvalue weighted by Gasteiger charge is -2.03. The summed E-state index contributed by atoms with van der Waals surface area (Å²) in [5.74, 6) is -1.65. The summed E-state index contributed by atoms with van der Waals surface area (Å²) in [7, 11) is 0. The molecular weight excluding hydrogens is 201 g/mol. The molecule has 0 N–H and O–H groups in total. The normalized spacial score (nSPS) is 11.6. The van der Waals surface area contributed by atoms with E-state index >= 15 is 0 Å². The molecule has 0 spiro atoms. The van der Waals surface area contributed by atoms with Crippen molar-refractivity contribution in [2.24, 2.45) is 0 Å². The van der Waals surface area contributed by atoms with Crippen LogP contribution in [0.1, 0.15) is 12.0 Å². The summed E-state index contributed by atoms with van der Waals surface area (Å²) in [6.07, 6.45) is -4.97. The van der Waals surface area contributed by atoms with Crippen LogP contribution in [0.4, 0.5) is 13.2 Å². The van der Waals surface area contributed by atoms with Gasteiger partial charge < -0.3 is 0 Å². The smallest absolute Gasteiger partial charge is 0.290 e. The molecule has 0 aliphatic rings. The van der Waals surface area contributed by atoms with E-state index in [-0.39, 0.29) is 6.42 Å². The van der Waals surface area contributed by atoms with Crippen molar-refractivity contribution in [2.45, 2.75) is 19.0 Å². The third-order valence-corrected chi connectivity index (χ3v) is 2.27. The third kappa shape index (κ3) is 3.18. The van der Waals surface area contributed by atoms with Gasteiger partial charge in [-0.15, -0.1) is 0 Å². The number of carbonyl (C=O) groups excluding carboxylic acids is 1. The van der Waals surface area contributed by atoms with Crippen molar-refractivity contribution in [1.82, 2.24) is 0 Å². The van der Waals surface area contributed by atoms with E-state index in [2.05, 4.69) is 0 Å². The van der Waals surface area contributed by atoms with Gasteiger partial charge in [0.1, 0.15) is 0 Å². The van der Waals surface area contributed by atoms with Crippen LogP contribution in [0.25, 0.3) is 0 Å². The Hall–Kier alpha value is -0.840. The van der Waals surface area contributed by atoms with Crippen LogP contribution >= 0.6 is 11.3 Å². The molecule has 1 aromatic rings. The molecule has 13 heavy (non-hydrogen) atoms. The molecule has 1 aromatic heterocycles. The lowest BCUT2D eigenvalue weighted by molar-refractivity contribution is -0.170. The van der Waals surface area contributed by atoms with Crippen LogP contribution in [-0.4, -0.2) is 12.0 Å². The van der Waals surface area contributed by atoms with Crippen LogP contribution in [0.2, 0.25) is 0 Å². The van der Waals surface area contributed by atoms with Crippen LogP contribution in [-0.2, 0) is 11.2 Å². The average molecular weight is 208 g/mol. The molecule has 72 valence electrons. The van der Waals surface area contributed by atoms with E-state index in [9.17, 15) is 18.0 Å². The van der Waals surface area contributed by atoms with Crippen LogP contribution in [0.3, 0.4) is 0 Å². The van der Waals surface area contributed by atoms with Gasteiger partial charge >= 0.3 is 6.18 Å². The minimum atomic E-state index is -4.68. The Balaban J connectivity index is 2.40. The molecule has 0 atom stereocenters. The minimum absolute atomic E-state index is 0.168. The summed E-state index contributed by atoms with van der Waals surface area (Å²) < 4.78 is 35.2. The highest BCUT2D eigenvalue weighted by atomic mass is 32.1. The third-order valence-electron chi connectivity index (χ3n) is 1.54. The molecule has 0 aliphatic heterocycles. The zero-order chi connectivity index (χ0) is 9.90. The highest BCUT2D eigenvalue weighted by Crippen LogP contribution is 2.19. The Morgan fingerprint density at radius 2 is 2.15 bits per heavy atom. The van der Waals surface area contributed by atoms with E-state index < -0.39 is 18.4 Å². The lowest BCUT2D eigenvalue weighted by atomic mass is 10.1. The number of carbonyl (C=O) groups is 1. The zero-order valence-electron chi connectivity index (χ0n) is 6.60. The fourth-order valence-electron chi connectivity index (χ4n) is 0.835. The standard InChI is InChI=1S/C8H7F3OS/c9-8(10,11)7(12)2-1-6-3-4-13-5-6/h3-5H,1-2H2. The summed E-state index contributed by atoms with van der Waals surface area (Å²) in [6.45, 7) is 0. The maximum absolute atomic E-state index is 11.7. The predicted octanol–water partition coefficient (Wildman–Crippen LogP) is 2.81. The first kappa shape index (κ1) is 10.2. The number of aryl methyl sites for hydroxylation is 1. The van der Waals surface area contributed by atoms with E-state index in [1.54, 1.807) is 16.8 Å². The molecule has 1 heterocycles. The minimum Gasteiger partial charge on any atom is -0.290 e. The number of halogens is 3. The largest absolute Gasteiger partial charge is 0.449 e. The number of rotatable bonds is 3. The summed E-state index contributed by atoms with van der Waals surface area (Å²) in [5, 5.41) is 3.51. The second-order valence-corrected chi connectivity index (χ2v) is 3.33. The summed E-state index contributed by atoms with van der Waals surface area (Å²) in [5.41, 5.74) is 0.780. The van der Waals surface area contributed by atoms with E-state index in [0.717, 1.165) is 5.56 Å². The van der Waals surface area contributed by atoms with Gasteiger partial charge in [-0.3, -0.25) is 4.79 Å². The molecule has 0 fully saturated rings. The van der Waals surface area contributed by atoms with Crippen molar-refractivity contribution >= 4 is 17.1 Å². The van der Waals surface area contributed by atoms with Gasteiger partial charge in [-0.05, 0) is 28.8 Å². The van der Waals surface area contributed by atoms with Crippen molar-refractivity contribution in [2.75, 3.05) is 0 Å². The number of thiophene rings is 1. The monoisotopic (exact) mass is 208 g/mol. The number of hydrogen-bond acceptors (Lipinski definition) is 2. The van der Waals surface area contributed by atoms with Gasteiger partial charge in [-0.25, -0.2) is 0 Å². The molecular formula is C8H7F3OS. The summed E-state index contributed by atoms with van der Waals surface area (Å²) in [6, 6.07) is 1.72. The van der Waals surface area contributed by atoms with Crippen LogP contribution in [0, 0.1) is 0 Å². The van der Waals surface area contributed by atoms with Crippen molar-refractivity contribution in [3.63, 3.8) is 0 Å². The number of Topliss-reactive ketones (excluding diaryl/α,β-unsaturated/α-hetero) is 1. The van der Waals surface area contributed by atoms with Gasteiger partial charge in [0.05, 0.1) is 0 Å². The molecule has 0 saturated carbocycles. The Morgan fingerprint density at radius 1 is 1.46 bits per heavy atom. The average Bonchev–Trinajstić information content (AvgIpc) is 2.50. The molecule has 0 saturated heterocycles. The van der Waals surface area contributed by atoms with Gasteiger partial charge in [0, 0.05) is 6.42 Å². The number of alkyl halides is 3. The van der Waals surface area contributed by atoms with Gasteiger partial charge in [0.25, 0.3) is 0 Å². The first-order valence-corrected chi connectivity index (χ1v) is 4.55. The highest BCUT2D eigenvalue weighted by molar-refractivity contribution is 7.07. The van der Waals surface area contributed by atoms with E-state index in [1.807, 2.05) is 0 Å². The Kier molecular flexibility index (Phi) is 3.08. The quantitative estimate of drug-likeness (QED) is 0.746. The van der Waals surface area contributed by atoms with Crippen molar-refractivity contribution in [3.8, 4) is 0 Å². The molecule has 0 aromatic carbocycles. The molecule has 0 bridgehead atoms. The Bertz CT molecular complexity index is 276. The number of ketones is 1. The molecule has 0 aliphatic carbocycles. The molecule has 1 nitrogen and oxygen atoms in total. The van der Waals surface area contributed by atoms with E-state index in [0.29, 0.717) is 0 Å². The number of hydrogen-bond donors (Lipinski definition) is 0. The highest BCUT2D eigenvalue weighted by Gasteiger charge is 2.37. The molecule has 0 radical (unpaired) electrons. The van der Waals surface area contributed by atoms with E-state index in [4.69, 9.17) is 0 Å². The first-order chi connectivity index (χ1) is 6.00. The maximum Gasteiger partial charge on any atom is 0.449 e. The van der Waals surface area contributed by atoms with Crippen molar-refractivity contribution < 1.29 is 18.0 Å². The second-order valence-electron chi connectivity index (χ2n) is 2.55. The van der Waals surface area contributed by atoms with Gasteiger partial charge in [0.2, 0.25) is 5.78 Å². The molecule has 0 amide bonds. The van der Waals surface area contributed by atoms with E-state index in [1.165, 1.54) is 11.3 Å². The molecule has 1 rings (SSSR count). The van der Waals surface area contributed by atoms with Crippen LogP contribution in [0.5, 0.6) is 0 Å². The first-order valence-electron chi connectivity index (χ1n) is 3.61. The van der Waals surface area contributed by atoms with Crippen LogP contribution < -0.4 is 0 Å². The van der Waals surface area contributed by atoms with Crippen LogP contribution in [0.15, 0.2) is 16.8 Å². The summed E-state index contributed by atoms with van der Waals surface area (Å²) >= 11 is 1.41. The van der Waals surface area contributed by atoms with Crippen molar-refractivity contribution in [3.05, 3.63) is 22.4 Å². The predicted molar refractivity (Wildman–Crippen MR) is 43.7 cm³/mol. The zero-order valence-corrected chi connectivity index (χ0v) is 7.41. The van der Waals surface area contributed by atoms with Gasteiger partial charge in [-0.2, -0.15) is 24.5 Å². The topological polar surface area (TPSA) is 17.1 Å². The second kappa shape index (κ2) is 3.91. The van der Waals surface area contributed by atoms with Gasteiger partial charge in [-0.1, -0.05) is 0 Å². The fourth-order valence-corrected chi connectivity index (χ4v) is 1.54. The summed E-state index contributed by atoms with van der Waals surface area (Å²) in [4.78, 5) is 10.4. The molecule has 5 heteroatoms. The lowest BCUT2D eigenvalue weighted by Crippen LogP contribution is -2.22. The van der Waals surface area contributed by atoms with Gasteiger partial charge in [0.15, 0.2) is 0 Å². The van der Waals surface area contributed by atoms with Crippen molar-refractivity contribution in [1.29, 1.82) is 0 Å². The molecule has 0 unspecified atom stereocenters. The SMILES string of the molecule is O=C(CCc1ccsc1)C(F)(F)F.